The fourth-order valence-corrected chi connectivity index (χ4v) is 3.78. The summed E-state index contributed by atoms with van der Waals surface area (Å²) >= 11 is 0. The van der Waals surface area contributed by atoms with E-state index in [-0.39, 0.29) is 29.7 Å². The third-order valence-electron chi connectivity index (χ3n) is 5.32. The molecule has 1 aliphatic carbocycles. The Bertz CT molecular complexity index is 489. The minimum Gasteiger partial charge on any atom is -0.344 e. The predicted molar refractivity (Wildman–Crippen MR) is 96.0 cm³/mol. The SMILES string of the molecule is CN(C)C(=O)NCCN(C)C(=O)[C@@H]1CCCC[C@@H]1C(=O)N1CCCC1. The van der Waals surface area contributed by atoms with Crippen LogP contribution in [0.1, 0.15) is 38.5 Å². The van der Waals surface area contributed by atoms with Crippen LogP contribution in [0.2, 0.25) is 0 Å². The summed E-state index contributed by atoms with van der Waals surface area (Å²) < 4.78 is 0. The highest BCUT2D eigenvalue weighted by molar-refractivity contribution is 5.88. The van der Waals surface area contributed by atoms with E-state index in [4.69, 9.17) is 0 Å². The number of likely N-dealkylation sites (N-methyl/N-ethyl adjacent to an activating group) is 1. The van der Waals surface area contributed by atoms with E-state index >= 15 is 0 Å². The summed E-state index contributed by atoms with van der Waals surface area (Å²) in [4.78, 5) is 42.3. The molecule has 2 aliphatic rings. The molecule has 0 spiro atoms. The molecule has 0 unspecified atom stereocenters. The first kappa shape index (κ1) is 19.5. The largest absolute Gasteiger partial charge is 0.344 e. The second-order valence-electron chi connectivity index (χ2n) is 7.42. The number of nitrogens with zero attached hydrogens (tertiary/aromatic N) is 3. The molecule has 2 fully saturated rings. The van der Waals surface area contributed by atoms with Crippen LogP contribution in [0, 0.1) is 11.8 Å². The van der Waals surface area contributed by atoms with Gasteiger partial charge in [0.05, 0.1) is 0 Å². The molecule has 25 heavy (non-hydrogen) atoms. The van der Waals surface area contributed by atoms with Crippen LogP contribution in [0.25, 0.3) is 0 Å². The van der Waals surface area contributed by atoms with Crippen molar-refractivity contribution in [2.24, 2.45) is 11.8 Å². The lowest BCUT2D eigenvalue weighted by Gasteiger charge is -2.34. The Kier molecular flexibility index (Phi) is 7.08. The van der Waals surface area contributed by atoms with E-state index in [0.717, 1.165) is 51.6 Å². The van der Waals surface area contributed by atoms with Crippen molar-refractivity contribution in [1.29, 1.82) is 0 Å². The summed E-state index contributed by atoms with van der Waals surface area (Å²) in [5.41, 5.74) is 0. The summed E-state index contributed by atoms with van der Waals surface area (Å²) in [6.07, 6.45) is 5.78. The number of hydrogen-bond donors (Lipinski definition) is 1. The molecule has 7 nitrogen and oxygen atoms in total. The van der Waals surface area contributed by atoms with Gasteiger partial charge in [0.15, 0.2) is 0 Å². The van der Waals surface area contributed by atoms with Crippen LogP contribution < -0.4 is 5.32 Å². The lowest BCUT2D eigenvalue weighted by Crippen LogP contribution is -2.47. The molecule has 1 saturated heterocycles. The van der Waals surface area contributed by atoms with E-state index in [9.17, 15) is 14.4 Å². The number of carbonyl (C=O) groups excluding carboxylic acids is 3. The molecule has 142 valence electrons. The van der Waals surface area contributed by atoms with Crippen molar-refractivity contribution >= 4 is 17.8 Å². The van der Waals surface area contributed by atoms with Gasteiger partial charge in [0.1, 0.15) is 0 Å². The maximum atomic E-state index is 12.9. The van der Waals surface area contributed by atoms with Gasteiger partial charge in [-0.05, 0) is 25.7 Å². The number of likely N-dealkylation sites (tertiary alicyclic amines) is 1. The van der Waals surface area contributed by atoms with Gasteiger partial charge in [-0.1, -0.05) is 12.8 Å². The van der Waals surface area contributed by atoms with Crippen LogP contribution in [-0.2, 0) is 9.59 Å². The molecule has 2 atom stereocenters. The normalized spacial score (nSPS) is 23.2. The van der Waals surface area contributed by atoms with Crippen molar-refractivity contribution in [2.45, 2.75) is 38.5 Å². The van der Waals surface area contributed by atoms with E-state index in [0.29, 0.717) is 13.1 Å². The quantitative estimate of drug-likeness (QED) is 0.806. The Hall–Kier alpha value is -1.79. The number of rotatable bonds is 5. The maximum absolute atomic E-state index is 12.9. The first-order valence-corrected chi connectivity index (χ1v) is 9.40. The van der Waals surface area contributed by atoms with Gasteiger partial charge >= 0.3 is 6.03 Å². The Morgan fingerprint density at radius 1 is 0.960 bits per heavy atom. The molecule has 2 rings (SSSR count). The number of amides is 4. The van der Waals surface area contributed by atoms with Crippen LogP contribution in [-0.4, -0.2) is 79.9 Å². The van der Waals surface area contributed by atoms with E-state index in [1.165, 1.54) is 4.90 Å². The van der Waals surface area contributed by atoms with Gasteiger partial charge in [-0.3, -0.25) is 9.59 Å². The summed E-state index contributed by atoms with van der Waals surface area (Å²) in [5, 5.41) is 2.77. The van der Waals surface area contributed by atoms with Gasteiger partial charge in [-0.15, -0.1) is 0 Å². The first-order chi connectivity index (χ1) is 11.9. The summed E-state index contributed by atoms with van der Waals surface area (Å²) in [7, 11) is 5.12. The van der Waals surface area contributed by atoms with E-state index in [1.807, 2.05) is 4.90 Å². The average molecular weight is 352 g/mol. The molecular weight excluding hydrogens is 320 g/mol. The van der Waals surface area contributed by atoms with Crippen molar-refractivity contribution in [2.75, 3.05) is 47.3 Å². The van der Waals surface area contributed by atoms with E-state index in [1.54, 1.807) is 26.0 Å². The van der Waals surface area contributed by atoms with Crippen molar-refractivity contribution in [3.63, 3.8) is 0 Å². The molecule has 1 heterocycles. The second kappa shape index (κ2) is 9.06. The third-order valence-corrected chi connectivity index (χ3v) is 5.32. The summed E-state index contributed by atoms with van der Waals surface area (Å²) in [5.74, 6) is -0.171. The molecule has 4 amide bonds. The molecule has 0 aromatic heterocycles. The highest BCUT2D eigenvalue weighted by atomic mass is 16.2. The molecule has 1 aliphatic heterocycles. The number of carbonyl (C=O) groups is 3. The number of urea groups is 1. The zero-order valence-corrected chi connectivity index (χ0v) is 15.8. The molecule has 1 N–H and O–H groups in total. The Morgan fingerprint density at radius 2 is 1.56 bits per heavy atom. The molecule has 7 heteroatoms. The van der Waals surface area contributed by atoms with E-state index in [2.05, 4.69) is 5.32 Å². The van der Waals surface area contributed by atoms with Crippen molar-refractivity contribution in [3.8, 4) is 0 Å². The van der Waals surface area contributed by atoms with Gasteiger partial charge in [0.25, 0.3) is 0 Å². The number of hydrogen-bond acceptors (Lipinski definition) is 3. The zero-order valence-electron chi connectivity index (χ0n) is 15.8. The second-order valence-corrected chi connectivity index (χ2v) is 7.42. The topological polar surface area (TPSA) is 73.0 Å². The predicted octanol–water partition coefficient (Wildman–Crippen LogP) is 1.14. The smallest absolute Gasteiger partial charge is 0.316 e. The van der Waals surface area contributed by atoms with Gasteiger partial charge in [-0.2, -0.15) is 0 Å². The van der Waals surface area contributed by atoms with Crippen molar-refractivity contribution in [3.05, 3.63) is 0 Å². The first-order valence-electron chi connectivity index (χ1n) is 9.40. The minimum absolute atomic E-state index is 0.0383. The van der Waals surface area contributed by atoms with Crippen molar-refractivity contribution in [1.82, 2.24) is 20.0 Å². The minimum atomic E-state index is -0.212. The Labute approximate surface area is 150 Å². The molecule has 0 bridgehead atoms. The monoisotopic (exact) mass is 352 g/mol. The highest BCUT2D eigenvalue weighted by Crippen LogP contribution is 2.33. The van der Waals surface area contributed by atoms with Gasteiger partial charge in [0, 0.05) is 59.2 Å². The van der Waals surface area contributed by atoms with Crippen LogP contribution >= 0.6 is 0 Å². The molecule has 1 saturated carbocycles. The summed E-state index contributed by atoms with van der Waals surface area (Å²) in [6.45, 7) is 2.54. The maximum Gasteiger partial charge on any atom is 0.316 e. The lowest BCUT2D eigenvalue weighted by molar-refractivity contribution is -0.146. The van der Waals surface area contributed by atoms with Crippen LogP contribution in [0.5, 0.6) is 0 Å². The zero-order chi connectivity index (χ0) is 18.4. The average Bonchev–Trinajstić information content (AvgIpc) is 3.14. The lowest BCUT2D eigenvalue weighted by atomic mass is 9.77. The molecular formula is C18H32N4O3. The third kappa shape index (κ3) is 5.09. The van der Waals surface area contributed by atoms with E-state index < -0.39 is 0 Å². The van der Waals surface area contributed by atoms with Crippen LogP contribution in [0.3, 0.4) is 0 Å². The summed E-state index contributed by atoms with van der Waals surface area (Å²) in [6, 6.07) is -0.166. The molecule has 0 radical (unpaired) electrons. The van der Waals surface area contributed by atoms with Gasteiger partial charge < -0.3 is 20.0 Å². The van der Waals surface area contributed by atoms with Crippen LogP contribution in [0.4, 0.5) is 4.79 Å². The standard InChI is InChI=1S/C18H32N4O3/c1-20(2)18(25)19-10-13-21(3)16(23)14-8-4-5-9-15(14)17(24)22-11-6-7-12-22/h14-15H,4-13H2,1-3H3,(H,19,25)/t14-,15+/m1/s1. The van der Waals surface area contributed by atoms with Crippen LogP contribution in [0.15, 0.2) is 0 Å². The highest BCUT2D eigenvalue weighted by Gasteiger charge is 2.39. The van der Waals surface area contributed by atoms with Gasteiger partial charge in [-0.25, -0.2) is 4.79 Å². The molecule has 0 aromatic rings. The Balaban J connectivity index is 1.90. The van der Waals surface area contributed by atoms with Crippen molar-refractivity contribution < 1.29 is 14.4 Å². The van der Waals surface area contributed by atoms with Gasteiger partial charge in [0.2, 0.25) is 11.8 Å². The number of nitrogens with one attached hydrogen (secondary N) is 1. The Morgan fingerprint density at radius 3 is 2.16 bits per heavy atom. The molecule has 0 aromatic carbocycles. The fourth-order valence-electron chi connectivity index (χ4n) is 3.78. The fraction of sp³-hybridized carbons (Fsp3) is 0.833.